The molecule has 2 aliphatic rings. The molecule has 0 bridgehead atoms. The molecule has 6 heteroatoms. The number of carbonyl (C=O) groups excluding carboxylic acids is 2. The molecule has 6 atom stereocenters. The van der Waals surface area contributed by atoms with Gasteiger partial charge in [0.1, 0.15) is 11.6 Å². The molecule has 0 radical (unpaired) electrons. The molecule has 0 aliphatic heterocycles. The van der Waals surface area contributed by atoms with Gasteiger partial charge in [0.25, 0.3) is 0 Å². The molecule has 6 unspecified atom stereocenters. The Morgan fingerprint density at radius 1 is 0.778 bits per heavy atom. The fraction of sp³-hybridized carbons (Fsp3) is 0.905. The Morgan fingerprint density at radius 2 is 1.19 bits per heavy atom. The van der Waals surface area contributed by atoms with Gasteiger partial charge < -0.3 is 19.7 Å². The van der Waals surface area contributed by atoms with Gasteiger partial charge in [0, 0.05) is 27.1 Å². The monoisotopic (exact) mass is 384 g/mol. The van der Waals surface area contributed by atoms with E-state index in [1.165, 1.54) is 0 Å². The maximum absolute atomic E-state index is 12.1. The highest BCUT2D eigenvalue weighted by Crippen LogP contribution is 2.31. The number of carbonyl (C=O) groups is 2. The predicted octanol–water partition coefficient (Wildman–Crippen LogP) is 2.43. The standard InChI is InChI=1S/C21H36O6/c1-26-20-11-14(5-9-18(20)24)3-7-16(22)13-17(23)8-4-15-6-10-19(25)21(12-15)27-2/h14-15,18-21,24-25H,3-13H2,1-2H3. The van der Waals surface area contributed by atoms with E-state index >= 15 is 0 Å². The van der Waals surface area contributed by atoms with Crippen LogP contribution in [0.15, 0.2) is 0 Å². The van der Waals surface area contributed by atoms with Gasteiger partial charge in [0.2, 0.25) is 0 Å². The average Bonchev–Trinajstić information content (AvgIpc) is 2.66. The number of ether oxygens (including phenoxy) is 2. The highest BCUT2D eigenvalue weighted by Gasteiger charge is 2.30. The van der Waals surface area contributed by atoms with Gasteiger partial charge in [0.15, 0.2) is 0 Å². The third-order valence-electron chi connectivity index (χ3n) is 6.39. The molecule has 2 rings (SSSR count). The number of aliphatic hydroxyl groups is 2. The molecule has 0 saturated heterocycles. The second kappa shape index (κ2) is 11.2. The first-order chi connectivity index (χ1) is 12.9. The van der Waals surface area contributed by atoms with Crippen molar-refractivity contribution in [2.75, 3.05) is 14.2 Å². The third-order valence-corrected chi connectivity index (χ3v) is 6.39. The SMILES string of the molecule is COC1CC(CCC(=O)CC(=O)CCC2CCC(O)C(OC)C2)CCC1O. The summed E-state index contributed by atoms with van der Waals surface area (Å²) >= 11 is 0. The normalized spacial score (nSPS) is 34.4. The summed E-state index contributed by atoms with van der Waals surface area (Å²) in [6.45, 7) is 0. The lowest BCUT2D eigenvalue weighted by Crippen LogP contribution is -2.35. The van der Waals surface area contributed by atoms with Gasteiger partial charge in [-0.05, 0) is 63.2 Å². The van der Waals surface area contributed by atoms with E-state index in [0.717, 1.165) is 51.4 Å². The number of Topliss-reactive ketones (excluding diaryl/α,β-unsaturated/α-hetero) is 2. The summed E-state index contributed by atoms with van der Waals surface area (Å²) in [6, 6.07) is 0. The lowest BCUT2D eigenvalue weighted by Gasteiger charge is -2.32. The molecule has 156 valence electrons. The van der Waals surface area contributed by atoms with Crippen LogP contribution in [-0.2, 0) is 19.1 Å². The smallest absolute Gasteiger partial charge is 0.140 e. The van der Waals surface area contributed by atoms with Gasteiger partial charge in [0.05, 0.1) is 30.8 Å². The van der Waals surface area contributed by atoms with Crippen molar-refractivity contribution in [2.24, 2.45) is 11.8 Å². The maximum atomic E-state index is 12.1. The van der Waals surface area contributed by atoms with Gasteiger partial charge in [-0.25, -0.2) is 0 Å². The number of methoxy groups -OCH3 is 2. The largest absolute Gasteiger partial charge is 0.390 e. The highest BCUT2D eigenvalue weighted by molar-refractivity contribution is 5.98. The van der Waals surface area contributed by atoms with Gasteiger partial charge in [-0.2, -0.15) is 0 Å². The van der Waals surface area contributed by atoms with Crippen LogP contribution in [0.4, 0.5) is 0 Å². The van der Waals surface area contributed by atoms with Crippen LogP contribution in [0.5, 0.6) is 0 Å². The van der Waals surface area contributed by atoms with Crippen molar-refractivity contribution in [1.29, 1.82) is 0 Å². The third kappa shape index (κ3) is 7.26. The molecular formula is C21H36O6. The summed E-state index contributed by atoms with van der Waals surface area (Å²) in [4.78, 5) is 24.3. The maximum Gasteiger partial charge on any atom is 0.140 e. The van der Waals surface area contributed by atoms with E-state index in [1.54, 1.807) is 14.2 Å². The second-order valence-electron chi connectivity index (χ2n) is 8.37. The van der Waals surface area contributed by atoms with Crippen molar-refractivity contribution in [2.45, 2.75) is 95.0 Å². The molecular weight excluding hydrogens is 348 g/mol. The van der Waals surface area contributed by atoms with Crippen LogP contribution in [0.3, 0.4) is 0 Å². The number of aliphatic hydroxyl groups excluding tert-OH is 2. The van der Waals surface area contributed by atoms with Crippen molar-refractivity contribution in [3.05, 3.63) is 0 Å². The van der Waals surface area contributed by atoms with E-state index in [2.05, 4.69) is 0 Å². The summed E-state index contributed by atoms with van der Waals surface area (Å²) in [6.07, 6.45) is 6.21. The first-order valence-electron chi connectivity index (χ1n) is 10.4. The van der Waals surface area contributed by atoms with Gasteiger partial charge in [-0.3, -0.25) is 9.59 Å². The molecule has 2 aliphatic carbocycles. The number of hydrogen-bond acceptors (Lipinski definition) is 6. The van der Waals surface area contributed by atoms with E-state index in [-0.39, 0.29) is 30.2 Å². The van der Waals surface area contributed by atoms with Gasteiger partial charge in [-0.1, -0.05) is 0 Å². The summed E-state index contributed by atoms with van der Waals surface area (Å²) in [5.41, 5.74) is 0. The van der Waals surface area contributed by atoms with E-state index in [4.69, 9.17) is 9.47 Å². The van der Waals surface area contributed by atoms with Crippen LogP contribution in [-0.4, -0.2) is 60.4 Å². The van der Waals surface area contributed by atoms with Gasteiger partial charge >= 0.3 is 0 Å². The fourth-order valence-electron chi connectivity index (χ4n) is 4.55. The molecule has 0 spiro atoms. The Labute approximate surface area is 162 Å². The first-order valence-corrected chi connectivity index (χ1v) is 10.4. The van der Waals surface area contributed by atoms with Crippen LogP contribution < -0.4 is 0 Å². The Bertz CT molecular complexity index is 437. The van der Waals surface area contributed by atoms with Gasteiger partial charge in [-0.15, -0.1) is 0 Å². The Balaban J connectivity index is 1.62. The molecule has 27 heavy (non-hydrogen) atoms. The van der Waals surface area contributed by atoms with Crippen molar-refractivity contribution < 1.29 is 29.3 Å². The summed E-state index contributed by atoms with van der Waals surface area (Å²) in [5, 5.41) is 19.7. The predicted molar refractivity (Wildman–Crippen MR) is 101 cm³/mol. The Morgan fingerprint density at radius 3 is 1.56 bits per heavy atom. The number of rotatable bonds is 10. The molecule has 2 N–H and O–H groups in total. The minimum Gasteiger partial charge on any atom is -0.390 e. The lowest BCUT2D eigenvalue weighted by atomic mass is 9.81. The number of ketones is 2. The van der Waals surface area contributed by atoms with Crippen molar-refractivity contribution >= 4 is 11.6 Å². The lowest BCUT2D eigenvalue weighted by molar-refractivity contribution is -0.127. The molecule has 0 heterocycles. The van der Waals surface area contributed by atoms with E-state index in [9.17, 15) is 19.8 Å². The summed E-state index contributed by atoms with van der Waals surface area (Å²) in [5.74, 6) is 0.817. The quantitative estimate of drug-likeness (QED) is 0.562. The van der Waals surface area contributed by atoms with Crippen LogP contribution >= 0.6 is 0 Å². The minimum absolute atomic E-state index is 0.0222. The molecule has 6 nitrogen and oxygen atoms in total. The van der Waals surface area contributed by atoms with E-state index < -0.39 is 12.2 Å². The Kier molecular flexibility index (Phi) is 9.36. The zero-order chi connectivity index (χ0) is 19.8. The fourth-order valence-corrected chi connectivity index (χ4v) is 4.55. The van der Waals surface area contributed by atoms with Crippen molar-refractivity contribution in [3.63, 3.8) is 0 Å². The zero-order valence-corrected chi connectivity index (χ0v) is 16.8. The second-order valence-corrected chi connectivity index (χ2v) is 8.37. The van der Waals surface area contributed by atoms with Crippen LogP contribution in [0, 0.1) is 11.8 Å². The van der Waals surface area contributed by atoms with Crippen LogP contribution in [0.1, 0.15) is 70.6 Å². The minimum atomic E-state index is -0.401. The molecule has 2 fully saturated rings. The topological polar surface area (TPSA) is 93.1 Å². The van der Waals surface area contributed by atoms with Crippen molar-refractivity contribution in [1.82, 2.24) is 0 Å². The molecule has 0 aromatic heterocycles. The zero-order valence-electron chi connectivity index (χ0n) is 16.8. The van der Waals surface area contributed by atoms with Crippen LogP contribution in [0.2, 0.25) is 0 Å². The molecule has 0 aromatic carbocycles. The van der Waals surface area contributed by atoms with E-state index in [1.807, 2.05) is 0 Å². The molecule has 2 saturated carbocycles. The average molecular weight is 385 g/mol. The van der Waals surface area contributed by atoms with Crippen LogP contribution in [0.25, 0.3) is 0 Å². The van der Waals surface area contributed by atoms with E-state index in [0.29, 0.717) is 24.7 Å². The Hall–Kier alpha value is -0.820. The van der Waals surface area contributed by atoms with Crippen molar-refractivity contribution in [3.8, 4) is 0 Å². The highest BCUT2D eigenvalue weighted by atomic mass is 16.5. The molecule has 0 aromatic rings. The summed E-state index contributed by atoms with van der Waals surface area (Å²) in [7, 11) is 3.23. The number of hydrogen-bond donors (Lipinski definition) is 2. The summed E-state index contributed by atoms with van der Waals surface area (Å²) < 4.78 is 10.6. The molecule has 0 amide bonds. The first kappa shape index (κ1) is 22.5.